The van der Waals surface area contributed by atoms with E-state index in [4.69, 9.17) is 9.63 Å². The van der Waals surface area contributed by atoms with Crippen LogP contribution in [0.25, 0.3) is 11.4 Å². The molecule has 6 nitrogen and oxygen atoms in total. The van der Waals surface area contributed by atoms with Gasteiger partial charge in [0.05, 0.1) is 12.0 Å². The summed E-state index contributed by atoms with van der Waals surface area (Å²) in [6.45, 7) is 4.73. The lowest BCUT2D eigenvalue weighted by Gasteiger charge is -2.20. The first kappa shape index (κ1) is 15.6. The molecule has 1 aromatic heterocycles. The second-order valence-electron chi connectivity index (χ2n) is 5.91. The van der Waals surface area contributed by atoms with E-state index in [0.29, 0.717) is 42.4 Å². The molecule has 122 valence electrons. The van der Waals surface area contributed by atoms with Crippen LogP contribution in [0.1, 0.15) is 30.8 Å². The Bertz CT molecular complexity index is 731. The number of rotatable bonds is 4. The van der Waals surface area contributed by atoms with Crippen LogP contribution < -0.4 is 0 Å². The molecule has 3 rings (SSSR count). The van der Waals surface area contributed by atoms with Crippen molar-refractivity contribution in [2.45, 2.75) is 26.3 Å². The van der Waals surface area contributed by atoms with Gasteiger partial charge in [0.2, 0.25) is 11.7 Å². The van der Waals surface area contributed by atoms with Gasteiger partial charge >= 0.3 is 5.97 Å². The summed E-state index contributed by atoms with van der Waals surface area (Å²) >= 11 is 0. The normalized spacial score (nSPS) is 19.9. The van der Waals surface area contributed by atoms with Gasteiger partial charge in [-0.25, -0.2) is 4.39 Å². The smallest absolute Gasteiger partial charge is 0.307 e. The number of hydrogen-bond acceptors (Lipinski definition) is 5. The molecule has 1 saturated heterocycles. The van der Waals surface area contributed by atoms with Crippen LogP contribution in [0.15, 0.2) is 22.7 Å². The lowest BCUT2D eigenvalue weighted by Crippen LogP contribution is -2.26. The molecule has 0 aliphatic carbocycles. The van der Waals surface area contributed by atoms with Crippen molar-refractivity contribution in [2.24, 2.45) is 5.92 Å². The predicted molar refractivity (Wildman–Crippen MR) is 80.2 cm³/mol. The molecule has 1 N–H and O–H groups in total. The Labute approximate surface area is 132 Å². The van der Waals surface area contributed by atoms with Crippen molar-refractivity contribution < 1.29 is 18.8 Å². The third-order valence-electron chi connectivity index (χ3n) is 4.35. The summed E-state index contributed by atoms with van der Waals surface area (Å²) in [5, 5.41) is 13.0. The van der Waals surface area contributed by atoms with Crippen LogP contribution in [0.2, 0.25) is 0 Å². The molecular formula is C16H18FN3O3. The van der Waals surface area contributed by atoms with Gasteiger partial charge < -0.3 is 9.63 Å². The highest BCUT2D eigenvalue weighted by Gasteiger charge is 2.33. The number of halogens is 1. The SMILES string of the molecule is Cc1ccc(-c2noc(C(C)N3CCC(C(=O)O)C3)n2)cc1F. The molecule has 1 fully saturated rings. The average Bonchev–Trinajstić information content (AvgIpc) is 3.18. The fraction of sp³-hybridized carbons (Fsp3) is 0.438. The summed E-state index contributed by atoms with van der Waals surface area (Å²) in [5.41, 5.74) is 1.11. The maximum Gasteiger partial charge on any atom is 0.307 e. The van der Waals surface area contributed by atoms with E-state index in [1.54, 1.807) is 19.1 Å². The van der Waals surface area contributed by atoms with Crippen LogP contribution in [0, 0.1) is 18.7 Å². The van der Waals surface area contributed by atoms with Crippen LogP contribution in [-0.4, -0.2) is 39.2 Å². The Morgan fingerprint density at radius 2 is 2.30 bits per heavy atom. The summed E-state index contributed by atoms with van der Waals surface area (Å²) in [5.74, 6) is -0.704. The van der Waals surface area contributed by atoms with Crippen molar-refractivity contribution in [1.29, 1.82) is 0 Å². The molecule has 23 heavy (non-hydrogen) atoms. The highest BCUT2D eigenvalue weighted by molar-refractivity contribution is 5.70. The van der Waals surface area contributed by atoms with Crippen molar-refractivity contribution in [3.8, 4) is 11.4 Å². The number of benzene rings is 1. The summed E-state index contributed by atoms with van der Waals surface area (Å²) in [6, 6.07) is 4.62. The first-order chi connectivity index (χ1) is 11.0. The average molecular weight is 319 g/mol. The lowest BCUT2D eigenvalue weighted by atomic mass is 10.1. The Hall–Kier alpha value is -2.28. The van der Waals surface area contributed by atoms with E-state index in [9.17, 15) is 9.18 Å². The minimum atomic E-state index is -0.777. The fourth-order valence-corrected chi connectivity index (χ4v) is 2.75. The molecule has 0 bridgehead atoms. The number of nitrogens with zero attached hydrogens (tertiary/aromatic N) is 3. The van der Waals surface area contributed by atoms with E-state index in [0.717, 1.165) is 0 Å². The zero-order valence-corrected chi connectivity index (χ0v) is 13.0. The zero-order chi connectivity index (χ0) is 16.6. The Balaban J connectivity index is 1.76. The van der Waals surface area contributed by atoms with Gasteiger partial charge in [-0.15, -0.1) is 0 Å². The summed E-state index contributed by atoms with van der Waals surface area (Å²) in [6.07, 6.45) is 0.615. The maximum absolute atomic E-state index is 13.6. The molecule has 0 spiro atoms. The van der Waals surface area contributed by atoms with E-state index in [1.807, 2.05) is 11.8 Å². The number of carboxylic acid groups (broad SMARTS) is 1. The van der Waals surface area contributed by atoms with Gasteiger partial charge in [0, 0.05) is 12.1 Å². The molecular weight excluding hydrogens is 301 g/mol. The van der Waals surface area contributed by atoms with E-state index in [2.05, 4.69) is 10.1 Å². The van der Waals surface area contributed by atoms with Gasteiger partial charge in [-0.05, 0) is 38.4 Å². The van der Waals surface area contributed by atoms with Crippen molar-refractivity contribution in [3.63, 3.8) is 0 Å². The van der Waals surface area contributed by atoms with E-state index in [1.165, 1.54) is 6.07 Å². The molecule has 7 heteroatoms. The molecule has 1 aliphatic heterocycles. The molecule has 1 aliphatic rings. The number of hydrogen-bond donors (Lipinski definition) is 1. The van der Waals surface area contributed by atoms with E-state index in [-0.39, 0.29) is 17.8 Å². The number of carboxylic acids is 1. The summed E-state index contributed by atoms with van der Waals surface area (Å²) in [4.78, 5) is 17.4. The Morgan fingerprint density at radius 1 is 1.52 bits per heavy atom. The van der Waals surface area contributed by atoms with Crippen molar-refractivity contribution >= 4 is 5.97 Å². The number of aromatic nitrogens is 2. The third-order valence-corrected chi connectivity index (χ3v) is 4.35. The largest absolute Gasteiger partial charge is 0.481 e. The molecule has 1 aromatic carbocycles. The molecule has 0 amide bonds. The van der Waals surface area contributed by atoms with Crippen molar-refractivity contribution in [3.05, 3.63) is 35.5 Å². The van der Waals surface area contributed by atoms with E-state index < -0.39 is 5.97 Å². The number of carbonyl (C=O) groups is 1. The van der Waals surface area contributed by atoms with Gasteiger partial charge in [-0.2, -0.15) is 4.98 Å². The van der Waals surface area contributed by atoms with Gasteiger partial charge in [0.15, 0.2) is 0 Å². The van der Waals surface area contributed by atoms with Gasteiger partial charge in [0.25, 0.3) is 0 Å². The van der Waals surface area contributed by atoms with Crippen molar-refractivity contribution in [1.82, 2.24) is 15.0 Å². The fourth-order valence-electron chi connectivity index (χ4n) is 2.75. The topological polar surface area (TPSA) is 79.5 Å². The number of aliphatic carboxylic acids is 1. The highest BCUT2D eigenvalue weighted by Crippen LogP contribution is 2.28. The summed E-state index contributed by atoms with van der Waals surface area (Å²) < 4.78 is 18.9. The van der Waals surface area contributed by atoms with Crippen LogP contribution >= 0.6 is 0 Å². The first-order valence-electron chi connectivity index (χ1n) is 7.52. The molecule has 2 aromatic rings. The number of likely N-dealkylation sites (tertiary alicyclic amines) is 1. The Morgan fingerprint density at radius 3 is 2.96 bits per heavy atom. The predicted octanol–water partition coefficient (Wildman–Crippen LogP) is 2.65. The summed E-state index contributed by atoms with van der Waals surface area (Å²) in [7, 11) is 0. The van der Waals surface area contributed by atoms with Crippen molar-refractivity contribution in [2.75, 3.05) is 13.1 Å². The second kappa shape index (κ2) is 6.08. The highest BCUT2D eigenvalue weighted by atomic mass is 19.1. The van der Waals surface area contributed by atoms with Crippen LogP contribution in [0.4, 0.5) is 4.39 Å². The lowest BCUT2D eigenvalue weighted by molar-refractivity contribution is -0.141. The standard InChI is InChI=1S/C16H18FN3O3/c1-9-3-4-11(7-13(9)17)14-18-15(23-19-14)10(2)20-6-5-12(8-20)16(21)22/h3-4,7,10,12H,5-6,8H2,1-2H3,(H,21,22). The molecule has 0 saturated carbocycles. The zero-order valence-electron chi connectivity index (χ0n) is 13.0. The van der Waals surface area contributed by atoms with Gasteiger partial charge in [-0.1, -0.05) is 17.3 Å². The number of aryl methyl sites for hydroxylation is 1. The van der Waals surface area contributed by atoms with Crippen LogP contribution in [0.5, 0.6) is 0 Å². The van der Waals surface area contributed by atoms with Gasteiger partial charge in [0.1, 0.15) is 5.82 Å². The van der Waals surface area contributed by atoms with Crippen LogP contribution in [0.3, 0.4) is 0 Å². The minimum Gasteiger partial charge on any atom is -0.481 e. The minimum absolute atomic E-state index is 0.170. The van der Waals surface area contributed by atoms with Crippen LogP contribution in [-0.2, 0) is 4.79 Å². The first-order valence-corrected chi connectivity index (χ1v) is 7.52. The molecule has 2 atom stereocenters. The molecule has 0 radical (unpaired) electrons. The second-order valence-corrected chi connectivity index (χ2v) is 5.91. The maximum atomic E-state index is 13.6. The van der Waals surface area contributed by atoms with E-state index >= 15 is 0 Å². The molecule has 2 unspecified atom stereocenters. The monoisotopic (exact) mass is 319 g/mol. The third kappa shape index (κ3) is 3.10. The molecule has 2 heterocycles. The van der Waals surface area contributed by atoms with Gasteiger partial charge in [-0.3, -0.25) is 9.69 Å². The Kier molecular flexibility index (Phi) is 4.12. The quantitative estimate of drug-likeness (QED) is 0.933.